The van der Waals surface area contributed by atoms with E-state index >= 15 is 0 Å². The maximum Gasteiger partial charge on any atom is 0.161 e. The summed E-state index contributed by atoms with van der Waals surface area (Å²) in [4.78, 5) is 13.6. The second-order valence-electron chi connectivity index (χ2n) is 6.34. The van der Waals surface area contributed by atoms with Crippen LogP contribution in [0.3, 0.4) is 0 Å². The summed E-state index contributed by atoms with van der Waals surface area (Å²) in [5, 5.41) is 11.1. The lowest BCUT2D eigenvalue weighted by Gasteiger charge is -2.24. The first-order valence-corrected chi connectivity index (χ1v) is 9.27. The Bertz CT molecular complexity index is 766. The van der Waals surface area contributed by atoms with E-state index < -0.39 is 6.10 Å². The molecule has 0 spiro atoms. The Hall–Kier alpha value is -2.08. The molecular formula is C21H26ClNO4. The van der Waals surface area contributed by atoms with Crippen molar-refractivity contribution in [2.75, 3.05) is 26.8 Å². The zero-order valence-electron chi connectivity index (χ0n) is 15.9. The molecular weight excluding hydrogens is 366 g/mol. The van der Waals surface area contributed by atoms with Crippen LogP contribution in [0.25, 0.3) is 0 Å². The van der Waals surface area contributed by atoms with Crippen LogP contribution in [-0.2, 0) is 6.54 Å². The average molecular weight is 392 g/mol. The molecule has 0 saturated heterocycles. The summed E-state index contributed by atoms with van der Waals surface area (Å²) in [5.74, 6) is 0.931. The molecule has 2 aromatic carbocycles. The standard InChI is InChI=1S/C21H26ClNO4/c1-4-23(12-16-6-5-7-18(22)10-16)13-19(25)14-27-20-9-8-17(15(2)24)11-21(20)26-3/h5-11,19,25H,4,12-14H2,1-3H3. The number of hydrogen-bond acceptors (Lipinski definition) is 5. The summed E-state index contributed by atoms with van der Waals surface area (Å²) in [7, 11) is 1.52. The van der Waals surface area contributed by atoms with Crippen LogP contribution in [0, 0.1) is 0 Å². The van der Waals surface area contributed by atoms with Gasteiger partial charge in [0.1, 0.15) is 12.7 Å². The number of aliphatic hydroxyl groups is 1. The molecule has 0 bridgehead atoms. The van der Waals surface area contributed by atoms with Crippen LogP contribution in [0.4, 0.5) is 0 Å². The molecule has 2 rings (SSSR count). The van der Waals surface area contributed by atoms with Gasteiger partial charge in [0, 0.05) is 23.7 Å². The third-order valence-electron chi connectivity index (χ3n) is 4.21. The monoisotopic (exact) mass is 391 g/mol. The second-order valence-corrected chi connectivity index (χ2v) is 6.78. The first kappa shape index (κ1) is 21.2. The SMILES string of the molecule is CCN(Cc1cccc(Cl)c1)CC(O)COc1ccc(C(C)=O)cc1OC. The summed E-state index contributed by atoms with van der Waals surface area (Å²) < 4.78 is 11.0. The summed E-state index contributed by atoms with van der Waals surface area (Å²) >= 11 is 6.03. The number of likely N-dealkylation sites (N-methyl/N-ethyl adjacent to an activating group) is 1. The number of methoxy groups -OCH3 is 1. The van der Waals surface area contributed by atoms with Crippen LogP contribution in [-0.4, -0.2) is 48.7 Å². The van der Waals surface area contributed by atoms with Gasteiger partial charge >= 0.3 is 0 Å². The quantitative estimate of drug-likeness (QED) is 0.624. The molecule has 5 nitrogen and oxygen atoms in total. The number of aliphatic hydroxyl groups excluding tert-OH is 1. The Labute approximate surface area is 165 Å². The predicted molar refractivity (Wildman–Crippen MR) is 107 cm³/mol. The van der Waals surface area contributed by atoms with E-state index in [9.17, 15) is 9.90 Å². The molecule has 0 radical (unpaired) electrons. The van der Waals surface area contributed by atoms with E-state index in [1.54, 1.807) is 18.2 Å². The summed E-state index contributed by atoms with van der Waals surface area (Å²) in [5.41, 5.74) is 1.65. The van der Waals surface area contributed by atoms with Crippen LogP contribution in [0.2, 0.25) is 5.02 Å². The number of hydrogen-bond donors (Lipinski definition) is 1. The highest BCUT2D eigenvalue weighted by Gasteiger charge is 2.14. The van der Waals surface area contributed by atoms with E-state index in [1.807, 2.05) is 31.2 Å². The Morgan fingerprint density at radius 1 is 1.22 bits per heavy atom. The minimum absolute atomic E-state index is 0.0421. The molecule has 1 atom stereocenters. The van der Waals surface area contributed by atoms with Gasteiger partial charge in [-0.25, -0.2) is 0 Å². The van der Waals surface area contributed by atoms with Gasteiger partial charge < -0.3 is 14.6 Å². The molecule has 1 N–H and O–H groups in total. The van der Waals surface area contributed by atoms with Gasteiger partial charge in [0.05, 0.1) is 7.11 Å². The largest absolute Gasteiger partial charge is 0.493 e. The lowest BCUT2D eigenvalue weighted by molar-refractivity contribution is 0.0664. The minimum atomic E-state index is -0.665. The summed E-state index contributed by atoms with van der Waals surface area (Å²) in [6.45, 7) is 5.63. The van der Waals surface area contributed by atoms with E-state index in [-0.39, 0.29) is 12.4 Å². The fraction of sp³-hybridized carbons (Fsp3) is 0.381. The fourth-order valence-electron chi connectivity index (χ4n) is 2.74. The summed E-state index contributed by atoms with van der Waals surface area (Å²) in [6.07, 6.45) is -0.665. The van der Waals surface area contributed by atoms with Crippen molar-refractivity contribution in [2.45, 2.75) is 26.5 Å². The predicted octanol–water partition coefficient (Wildman–Crippen LogP) is 3.81. The highest BCUT2D eigenvalue weighted by Crippen LogP contribution is 2.28. The maximum absolute atomic E-state index is 11.5. The van der Waals surface area contributed by atoms with Gasteiger partial charge in [-0.1, -0.05) is 30.7 Å². The molecule has 0 aromatic heterocycles. The number of nitrogens with zero attached hydrogens (tertiary/aromatic N) is 1. The number of benzene rings is 2. The molecule has 1 unspecified atom stereocenters. The smallest absolute Gasteiger partial charge is 0.161 e. The van der Waals surface area contributed by atoms with Gasteiger partial charge in [0.25, 0.3) is 0 Å². The Morgan fingerprint density at radius 3 is 2.63 bits per heavy atom. The van der Waals surface area contributed by atoms with Crippen molar-refractivity contribution in [3.63, 3.8) is 0 Å². The number of rotatable bonds is 10. The number of carbonyl (C=O) groups is 1. The van der Waals surface area contributed by atoms with E-state index in [4.69, 9.17) is 21.1 Å². The minimum Gasteiger partial charge on any atom is -0.493 e. The van der Waals surface area contributed by atoms with Crippen molar-refractivity contribution >= 4 is 17.4 Å². The van der Waals surface area contributed by atoms with Gasteiger partial charge in [0.2, 0.25) is 0 Å². The number of carbonyl (C=O) groups excluding carboxylic acids is 1. The third kappa shape index (κ3) is 6.54. The molecule has 0 heterocycles. The number of ether oxygens (including phenoxy) is 2. The van der Waals surface area contributed by atoms with Crippen molar-refractivity contribution in [3.05, 3.63) is 58.6 Å². The Morgan fingerprint density at radius 2 is 2.00 bits per heavy atom. The zero-order valence-corrected chi connectivity index (χ0v) is 16.7. The molecule has 146 valence electrons. The van der Waals surface area contributed by atoms with E-state index in [0.29, 0.717) is 35.2 Å². The Balaban J connectivity index is 1.92. The molecule has 6 heteroatoms. The van der Waals surface area contributed by atoms with Crippen molar-refractivity contribution < 1.29 is 19.4 Å². The normalized spacial score (nSPS) is 12.1. The molecule has 2 aromatic rings. The highest BCUT2D eigenvalue weighted by molar-refractivity contribution is 6.30. The van der Waals surface area contributed by atoms with Gasteiger partial charge in [-0.2, -0.15) is 0 Å². The topological polar surface area (TPSA) is 59.0 Å². The number of halogens is 1. The molecule has 27 heavy (non-hydrogen) atoms. The first-order chi connectivity index (χ1) is 12.9. The maximum atomic E-state index is 11.5. The van der Waals surface area contributed by atoms with Crippen LogP contribution >= 0.6 is 11.6 Å². The molecule has 0 amide bonds. The molecule has 0 saturated carbocycles. The van der Waals surface area contributed by atoms with Gasteiger partial charge in [-0.3, -0.25) is 9.69 Å². The van der Waals surface area contributed by atoms with Crippen molar-refractivity contribution in [2.24, 2.45) is 0 Å². The molecule has 0 aliphatic carbocycles. The molecule has 0 fully saturated rings. The van der Waals surface area contributed by atoms with Gasteiger partial charge in [-0.15, -0.1) is 0 Å². The van der Waals surface area contributed by atoms with E-state index in [1.165, 1.54) is 14.0 Å². The van der Waals surface area contributed by atoms with Crippen LogP contribution in [0.15, 0.2) is 42.5 Å². The lowest BCUT2D eigenvalue weighted by atomic mass is 10.1. The molecule has 0 aliphatic heterocycles. The zero-order chi connectivity index (χ0) is 19.8. The second kappa shape index (κ2) is 10.3. The Kier molecular flexibility index (Phi) is 8.10. The van der Waals surface area contributed by atoms with Gasteiger partial charge in [0.15, 0.2) is 17.3 Å². The molecule has 0 aliphatic rings. The van der Waals surface area contributed by atoms with E-state index in [2.05, 4.69) is 4.90 Å². The first-order valence-electron chi connectivity index (χ1n) is 8.89. The van der Waals surface area contributed by atoms with Gasteiger partial charge in [-0.05, 0) is 49.4 Å². The van der Waals surface area contributed by atoms with E-state index in [0.717, 1.165) is 12.1 Å². The average Bonchev–Trinajstić information content (AvgIpc) is 2.65. The van der Waals surface area contributed by atoms with Crippen LogP contribution < -0.4 is 9.47 Å². The van der Waals surface area contributed by atoms with Crippen molar-refractivity contribution in [1.29, 1.82) is 0 Å². The van der Waals surface area contributed by atoms with Crippen LogP contribution in [0.5, 0.6) is 11.5 Å². The third-order valence-corrected chi connectivity index (χ3v) is 4.45. The van der Waals surface area contributed by atoms with Crippen molar-refractivity contribution in [1.82, 2.24) is 4.90 Å². The summed E-state index contributed by atoms with van der Waals surface area (Å²) in [6, 6.07) is 12.7. The number of Topliss-reactive ketones (excluding diaryl/α,β-unsaturated/α-hetero) is 1. The lowest BCUT2D eigenvalue weighted by Crippen LogP contribution is -2.35. The number of ketones is 1. The highest BCUT2D eigenvalue weighted by atomic mass is 35.5. The fourth-order valence-corrected chi connectivity index (χ4v) is 2.95. The van der Waals surface area contributed by atoms with Crippen molar-refractivity contribution in [3.8, 4) is 11.5 Å². The van der Waals surface area contributed by atoms with Crippen LogP contribution in [0.1, 0.15) is 29.8 Å².